The molecule has 1 N–H and O–H groups in total. The molecule has 4 nitrogen and oxygen atoms in total. The topological polar surface area (TPSA) is 46.9 Å². The van der Waals surface area contributed by atoms with Crippen molar-refractivity contribution >= 4 is 38.3 Å². The summed E-state index contributed by atoms with van der Waals surface area (Å²) >= 11 is 3.42. The van der Waals surface area contributed by atoms with Crippen LogP contribution in [0.3, 0.4) is 0 Å². The van der Waals surface area contributed by atoms with Gasteiger partial charge in [-0.05, 0) is 65.7 Å². The van der Waals surface area contributed by atoms with Gasteiger partial charge in [-0.15, -0.1) is 0 Å². The summed E-state index contributed by atoms with van der Waals surface area (Å²) in [5.41, 5.74) is 4.97. The lowest BCUT2D eigenvalue weighted by Crippen LogP contribution is -2.13. The summed E-state index contributed by atoms with van der Waals surface area (Å²) in [5.74, 6) is -0.248. The first-order chi connectivity index (χ1) is 15.6. The third kappa shape index (κ3) is 3.95. The number of aryl methyl sites for hydroxylation is 1. The van der Waals surface area contributed by atoms with Crippen LogP contribution in [-0.4, -0.2) is 15.7 Å². The Morgan fingerprint density at radius 1 is 0.844 bits per heavy atom. The first-order valence-electron chi connectivity index (χ1n) is 10.3. The number of carbonyl (C=O) groups excluding carboxylic acids is 1. The molecule has 5 aromatic rings. The molecular weight excluding hydrogens is 462 g/mol. The number of halogens is 1. The highest BCUT2D eigenvalue weighted by atomic mass is 79.9. The predicted molar refractivity (Wildman–Crippen MR) is 133 cm³/mol. The molecule has 156 valence electrons. The minimum atomic E-state index is -0.248. The van der Waals surface area contributed by atoms with E-state index >= 15 is 0 Å². The van der Waals surface area contributed by atoms with Gasteiger partial charge in [-0.25, -0.2) is 4.68 Å². The van der Waals surface area contributed by atoms with Crippen LogP contribution < -0.4 is 5.32 Å². The van der Waals surface area contributed by atoms with Gasteiger partial charge in [0.1, 0.15) is 0 Å². The molecule has 1 aromatic heterocycles. The Kier molecular flexibility index (Phi) is 5.33. The molecule has 0 aliphatic carbocycles. The zero-order valence-corrected chi connectivity index (χ0v) is 19.0. The number of amides is 1. The van der Waals surface area contributed by atoms with Crippen LogP contribution in [0.15, 0.2) is 102 Å². The number of hydrogen-bond donors (Lipinski definition) is 1. The minimum absolute atomic E-state index is 0.248. The molecule has 0 radical (unpaired) electrons. The SMILES string of the molecule is Cc1ccccc1-n1nc(C(=O)Nc2ccc(Br)cc2)cc1-c1ccc2ccccc2c1. The van der Waals surface area contributed by atoms with E-state index in [2.05, 4.69) is 51.6 Å². The maximum Gasteiger partial charge on any atom is 0.276 e. The molecule has 0 fully saturated rings. The fourth-order valence-corrected chi connectivity index (χ4v) is 4.02. The molecule has 0 saturated heterocycles. The van der Waals surface area contributed by atoms with Gasteiger partial charge >= 0.3 is 0 Å². The molecular formula is C27H20BrN3O. The van der Waals surface area contributed by atoms with Crippen LogP contribution in [-0.2, 0) is 0 Å². The lowest BCUT2D eigenvalue weighted by molar-refractivity contribution is 0.102. The van der Waals surface area contributed by atoms with Crippen molar-refractivity contribution in [2.75, 3.05) is 5.32 Å². The maximum atomic E-state index is 13.0. The van der Waals surface area contributed by atoms with E-state index in [0.717, 1.165) is 38.1 Å². The predicted octanol–water partition coefficient (Wildman–Crippen LogP) is 7.02. The van der Waals surface area contributed by atoms with Crippen molar-refractivity contribution in [2.45, 2.75) is 6.92 Å². The second-order valence-corrected chi connectivity index (χ2v) is 8.55. The van der Waals surface area contributed by atoms with Crippen LogP contribution >= 0.6 is 15.9 Å². The smallest absolute Gasteiger partial charge is 0.276 e. The quantitative estimate of drug-likeness (QED) is 0.299. The van der Waals surface area contributed by atoms with Crippen LogP contribution in [0, 0.1) is 6.92 Å². The largest absolute Gasteiger partial charge is 0.321 e. The van der Waals surface area contributed by atoms with Gasteiger partial charge in [0, 0.05) is 15.7 Å². The number of rotatable bonds is 4. The molecule has 0 aliphatic heterocycles. The summed E-state index contributed by atoms with van der Waals surface area (Å²) in [6.45, 7) is 2.04. The molecule has 0 aliphatic rings. The number of hydrogen-bond acceptors (Lipinski definition) is 2. The van der Waals surface area contributed by atoms with E-state index < -0.39 is 0 Å². The first-order valence-corrected chi connectivity index (χ1v) is 11.1. The number of carbonyl (C=O) groups is 1. The van der Waals surface area contributed by atoms with Gasteiger partial charge in [0.15, 0.2) is 5.69 Å². The normalized spacial score (nSPS) is 10.9. The number of anilines is 1. The molecule has 4 aromatic carbocycles. The lowest BCUT2D eigenvalue weighted by Gasteiger charge is -2.11. The minimum Gasteiger partial charge on any atom is -0.321 e. The maximum absolute atomic E-state index is 13.0. The summed E-state index contributed by atoms with van der Waals surface area (Å²) in [6.07, 6.45) is 0. The van der Waals surface area contributed by atoms with Crippen LogP contribution in [0.1, 0.15) is 16.1 Å². The highest BCUT2D eigenvalue weighted by Crippen LogP contribution is 2.29. The third-order valence-electron chi connectivity index (χ3n) is 5.43. The first kappa shape index (κ1) is 20.2. The average Bonchev–Trinajstić information content (AvgIpc) is 3.26. The second-order valence-electron chi connectivity index (χ2n) is 7.64. The average molecular weight is 482 g/mol. The summed E-state index contributed by atoms with van der Waals surface area (Å²) in [5, 5.41) is 9.96. The monoisotopic (exact) mass is 481 g/mol. The molecule has 0 atom stereocenters. The number of nitrogens with zero attached hydrogens (tertiary/aromatic N) is 2. The van der Waals surface area contributed by atoms with E-state index in [1.165, 1.54) is 5.39 Å². The molecule has 0 saturated carbocycles. The van der Waals surface area contributed by atoms with E-state index in [1.807, 2.05) is 78.3 Å². The Hall–Kier alpha value is -3.70. The van der Waals surface area contributed by atoms with Gasteiger partial charge in [-0.2, -0.15) is 5.10 Å². The van der Waals surface area contributed by atoms with Crippen molar-refractivity contribution in [2.24, 2.45) is 0 Å². The standard InChI is InChI=1S/C27H20BrN3O/c1-18-6-2-5-9-25(18)31-26(21-11-10-19-7-3-4-8-20(19)16-21)17-24(30-31)27(32)29-23-14-12-22(28)13-15-23/h2-17H,1H3,(H,29,32). The molecule has 5 heteroatoms. The van der Waals surface area contributed by atoms with Crippen molar-refractivity contribution in [1.29, 1.82) is 0 Å². The van der Waals surface area contributed by atoms with E-state index in [0.29, 0.717) is 5.69 Å². The van der Waals surface area contributed by atoms with Gasteiger partial charge < -0.3 is 5.32 Å². The highest BCUT2D eigenvalue weighted by molar-refractivity contribution is 9.10. The second kappa shape index (κ2) is 8.44. The Morgan fingerprint density at radius 2 is 1.56 bits per heavy atom. The Bertz CT molecular complexity index is 1440. The lowest BCUT2D eigenvalue weighted by atomic mass is 10.0. The van der Waals surface area contributed by atoms with Crippen molar-refractivity contribution < 1.29 is 4.79 Å². The molecule has 0 unspecified atom stereocenters. The number of para-hydroxylation sites is 1. The summed E-state index contributed by atoms with van der Waals surface area (Å²) in [4.78, 5) is 13.0. The summed E-state index contributed by atoms with van der Waals surface area (Å²) < 4.78 is 2.81. The van der Waals surface area contributed by atoms with E-state index in [9.17, 15) is 4.79 Å². The molecule has 32 heavy (non-hydrogen) atoms. The molecule has 5 rings (SSSR count). The van der Waals surface area contributed by atoms with Crippen LogP contribution in [0.5, 0.6) is 0 Å². The Morgan fingerprint density at radius 3 is 2.34 bits per heavy atom. The number of benzene rings is 4. The van der Waals surface area contributed by atoms with Gasteiger partial charge in [0.05, 0.1) is 11.4 Å². The van der Waals surface area contributed by atoms with Crippen molar-refractivity contribution in [3.8, 4) is 16.9 Å². The van der Waals surface area contributed by atoms with Crippen molar-refractivity contribution in [3.63, 3.8) is 0 Å². The van der Waals surface area contributed by atoms with E-state index in [4.69, 9.17) is 5.10 Å². The molecule has 0 spiro atoms. The van der Waals surface area contributed by atoms with Gasteiger partial charge in [0.25, 0.3) is 5.91 Å². The van der Waals surface area contributed by atoms with Crippen molar-refractivity contribution in [3.05, 3.63) is 113 Å². The zero-order chi connectivity index (χ0) is 22.1. The van der Waals surface area contributed by atoms with E-state index in [-0.39, 0.29) is 5.91 Å². The Balaban J connectivity index is 1.61. The number of aromatic nitrogens is 2. The fourth-order valence-electron chi connectivity index (χ4n) is 3.76. The van der Waals surface area contributed by atoms with Crippen LogP contribution in [0.25, 0.3) is 27.7 Å². The van der Waals surface area contributed by atoms with Gasteiger partial charge in [0.2, 0.25) is 0 Å². The molecule has 1 amide bonds. The van der Waals surface area contributed by atoms with Crippen LogP contribution in [0.2, 0.25) is 0 Å². The van der Waals surface area contributed by atoms with Gasteiger partial charge in [-0.3, -0.25) is 4.79 Å². The number of nitrogens with one attached hydrogen (secondary N) is 1. The number of fused-ring (bicyclic) bond motifs is 1. The fraction of sp³-hybridized carbons (Fsp3) is 0.0370. The molecule has 1 heterocycles. The zero-order valence-electron chi connectivity index (χ0n) is 17.4. The van der Waals surface area contributed by atoms with Gasteiger partial charge in [-0.1, -0.05) is 70.5 Å². The van der Waals surface area contributed by atoms with E-state index in [1.54, 1.807) is 0 Å². The summed E-state index contributed by atoms with van der Waals surface area (Å²) in [6, 6.07) is 31.9. The Labute approximate surface area is 194 Å². The molecule has 0 bridgehead atoms. The van der Waals surface area contributed by atoms with Crippen LogP contribution in [0.4, 0.5) is 5.69 Å². The highest BCUT2D eigenvalue weighted by Gasteiger charge is 2.18. The third-order valence-corrected chi connectivity index (χ3v) is 5.96. The summed E-state index contributed by atoms with van der Waals surface area (Å²) in [7, 11) is 0. The van der Waals surface area contributed by atoms with Crippen molar-refractivity contribution in [1.82, 2.24) is 9.78 Å².